The molecule has 1 aromatic carbocycles. The maximum Gasteiger partial charge on any atom is 0.277 e. The summed E-state index contributed by atoms with van der Waals surface area (Å²) in [6, 6.07) is 10.9. The number of ether oxygens (including phenoxy) is 1. The molecule has 0 saturated carbocycles. The van der Waals surface area contributed by atoms with Crippen molar-refractivity contribution >= 4 is 27.5 Å². The Morgan fingerprint density at radius 3 is 2.81 bits per heavy atom. The van der Waals surface area contributed by atoms with E-state index in [1.807, 2.05) is 31.2 Å². The lowest BCUT2D eigenvalue weighted by atomic mass is 10.2. The number of hydrogen-bond donors (Lipinski definition) is 1. The van der Waals surface area contributed by atoms with Crippen LogP contribution in [0.4, 0.5) is 0 Å². The normalized spacial score (nSPS) is 11.0. The summed E-state index contributed by atoms with van der Waals surface area (Å²) in [7, 11) is 0. The summed E-state index contributed by atoms with van der Waals surface area (Å²) in [4.78, 5) is 15.6. The van der Waals surface area contributed by atoms with Gasteiger partial charge in [-0.05, 0) is 37.3 Å². The van der Waals surface area contributed by atoms with Gasteiger partial charge in [0.1, 0.15) is 5.75 Å². The minimum atomic E-state index is -0.316. The zero-order chi connectivity index (χ0) is 15.1. The zero-order valence-electron chi connectivity index (χ0n) is 11.4. The topological polar surface area (TPSA) is 63.6 Å². The third-order valence-corrected chi connectivity index (χ3v) is 3.11. The fourth-order valence-electron chi connectivity index (χ4n) is 1.54. The fourth-order valence-corrected chi connectivity index (χ4v) is 1.92. The molecule has 1 heterocycles. The van der Waals surface area contributed by atoms with Crippen molar-refractivity contribution in [3.05, 3.63) is 58.8 Å². The number of halogens is 1. The Morgan fingerprint density at radius 1 is 1.33 bits per heavy atom. The Bertz CT molecular complexity index is 644. The maximum atomic E-state index is 11.7. The first kappa shape index (κ1) is 15.2. The summed E-state index contributed by atoms with van der Waals surface area (Å²) >= 11 is 3.34. The van der Waals surface area contributed by atoms with Gasteiger partial charge >= 0.3 is 0 Å². The van der Waals surface area contributed by atoms with Crippen LogP contribution in [0.15, 0.2) is 58.4 Å². The molecule has 0 aliphatic rings. The van der Waals surface area contributed by atoms with Crippen molar-refractivity contribution in [2.75, 3.05) is 6.61 Å². The Morgan fingerprint density at radius 2 is 2.10 bits per heavy atom. The molecular weight excluding hydrogens is 334 g/mol. The second-order valence-corrected chi connectivity index (χ2v) is 5.13. The quantitative estimate of drug-likeness (QED) is 0.668. The molecule has 2 rings (SSSR count). The molecule has 0 aliphatic heterocycles. The molecule has 0 saturated heterocycles. The van der Waals surface area contributed by atoms with E-state index < -0.39 is 0 Å². The largest absolute Gasteiger partial charge is 0.484 e. The molecule has 1 N–H and O–H groups in total. The number of carbonyl (C=O) groups excluding carboxylic acids is 1. The predicted octanol–water partition coefficient (Wildman–Crippen LogP) is 2.76. The molecule has 0 bridgehead atoms. The van der Waals surface area contributed by atoms with E-state index in [2.05, 4.69) is 31.4 Å². The Kier molecular flexibility index (Phi) is 5.45. The number of hydrazone groups is 1. The van der Waals surface area contributed by atoms with E-state index in [0.29, 0.717) is 11.5 Å². The first-order chi connectivity index (χ1) is 10.1. The van der Waals surface area contributed by atoms with E-state index in [9.17, 15) is 4.79 Å². The summed E-state index contributed by atoms with van der Waals surface area (Å²) in [5, 5.41) is 4.02. The van der Waals surface area contributed by atoms with Crippen LogP contribution in [0.2, 0.25) is 0 Å². The van der Waals surface area contributed by atoms with Gasteiger partial charge in [-0.1, -0.05) is 22.0 Å². The molecule has 5 nitrogen and oxygen atoms in total. The highest BCUT2D eigenvalue weighted by atomic mass is 79.9. The van der Waals surface area contributed by atoms with Crippen LogP contribution in [0.25, 0.3) is 0 Å². The molecule has 0 fully saturated rings. The van der Waals surface area contributed by atoms with E-state index in [1.54, 1.807) is 24.5 Å². The average molecular weight is 348 g/mol. The molecule has 0 radical (unpaired) electrons. The van der Waals surface area contributed by atoms with Gasteiger partial charge in [-0.15, -0.1) is 0 Å². The van der Waals surface area contributed by atoms with Gasteiger partial charge in [-0.25, -0.2) is 5.43 Å². The molecule has 6 heteroatoms. The Labute approximate surface area is 131 Å². The number of nitrogens with one attached hydrogen (secondary N) is 1. The third kappa shape index (κ3) is 5.00. The molecule has 2 aromatic rings. The van der Waals surface area contributed by atoms with Gasteiger partial charge in [0.15, 0.2) is 6.61 Å². The third-order valence-electron chi connectivity index (χ3n) is 2.61. The monoisotopic (exact) mass is 347 g/mol. The summed E-state index contributed by atoms with van der Waals surface area (Å²) in [5.41, 5.74) is 4.06. The van der Waals surface area contributed by atoms with E-state index in [-0.39, 0.29) is 12.5 Å². The van der Waals surface area contributed by atoms with E-state index >= 15 is 0 Å². The molecule has 0 unspecified atom stereocenters. The van der Waals surface area contributed by atoms with Crippen LogP contribution in [-0.4, -0.2) is 23.2 Å². The summed E-state index contributed by atoms with van der Waals surface area (Å²) in [6.45, 7) is 1.72. The van der Waals surface area contributed by atoms with E-state index in [4.69, 9.17) is 4.74 Å². The van der Waals surface area contributed by atoms with Gasteiger partial charge in [-0.3, -0.25) is 9.78 Å². The molecule has 0 spiro atoms. The fraction of sp³-hybridized carbons (Fsp3) is 0.133. The van der Waals surface area contributed by atoms with Gasteiger partial charge < -0.3 is 4.74 Å². The molecule has 0 aliphatic carbocycles. The number of amides is 1. The van der Waals surface area contributed by atoms with Crippen LogP contribution < -0.4 is 10.2 Å². The molecule has 1 aromatic heterocycles. The van der Waals surface area contributed by atoms with E-state index in [1.165, 1.54) is 0 Å². The summed E-state index contributed by atoms with van der Waals surface area (Å²) in [5.74, 6) is 0.303. The second-order valence-electron chi connectivity index (χ2n) is 4.21. The van der Waals surface area contributed by atoms with Crippen LogP contribution in [0.3, 0.4) is 0 Å². The predicted molar refractivity (Wildman–Crippen MR) is 84.2 cm³/mol. The van der Waals surface area contributed by atoms with Crippen molar-refractivity contribution in [3.63, 3.8) is 0 Å². The minimum Gasteiger partial charge on any atom is -0.484 e. The number of benzene rings is 1. The highest BCUT2D eigenvalue weighted by Gasteiger charge is 2.03. The van der Waals surface area contributed by atoms with E-state index in [0.717, 1.165) is 10.0 Å². The number of carbonyl (C=O) groups is 1. The van der Waals surface area contributed by atoms with Crippen LogP contribution in [0, 0.1) is 0 Å². The number of nitrogens with zero attached hydrogens (tertiary/aromatic N) is 2. The lowest BCUT2D eigenvalue weighted by Gasteiger charge is -2.06. The average Bonchev–Trinajstić information content (AvgIpc) is 2.51. The first-order valence-electron chi connectivity index (χ1n) is 6.27. The van der Waals surface area contributed by atoms with Crippen molar-refractivity contribution in [3.8, 4) is 5.75 Å². The van der Waals surface area contributed by atoms with Gasteiger partial charge in [0.05, 0.1) is 5.71 Å². The van der Waals surface area contributed by atoms with Gasteiger partial charge in [0.2, 0.25) is 0 Å². The van der Waals surface area contributed by atoms with Gasteiger partial charge in [0, 0.05) is 22.4 Å². The SMILES string of the molecule is C/C(=N/NC(=O)COc1cccc(Br)c1)c1ccncc1. The van der Waals surface area contributed by atoms with Crippen molar-refractivity contribution in [1.29, 1.82) is 0 Å². The van der Waals surface area contributed by atoms with Gasteiger partial charge in [-0.2, -0.15) is 5.10 Å². The molecule has 108 valence electrons. The minimum absolute atomic E-state index is 0.0937. The van der Waals surface area contributed by atoms with Crippen LogP contribution >= 0.6 is 15.9 Å². The highest BCUT2D eigenvalue weighted by molar-refractivity contribution is 9.10. The van der Waals surface area contributed by atoms with Crippen LogP contribution in [0.5, 0.6) is 5.75 Å². The standard InChI is InChI=1S/C15H14BrN3O2/c1-11(12-5-7-17-8-6-12)18-19-15(20)10-21-14-4-2-3-13(16)9-14/h2-9H,10H2,1H3,(H,19,20)/b18-11-. The van der Waals surface area contributed by atoms with Crippen molar-refractivity contribution in [2.24, 2.45) is 5.10 Å². The number of hydrogen-bond acceptors (Lipinski definition) is 4. The number of pyridine rings is 1. The zero-order valence-corrected chi connectivity index (χ0v) is 13.0. The summed E-state index contributed by atoms with van der Waals surface area (Å²) < 4.78 is 6.26. The molecule has 0 atom stereocenters. The highest BCUT2D eigenvalue weighted by Crippen LogP contribution is 2.17. The Balaban J connectivity index is 1.85. The van der Waals surface area contributed by atoms with Crippen molar-refractivity contribution < 1.29 is 9.53 Å². The lowest BCUT2D eigenvalue weighted by molar-refractivity contribution is -0.123. The second kappa shape index (κ2) is 7.54. The van der Waals surface area contributed by atoms with Crippen LogP contribution in [0.1, 0.15) is 12.5 Å². The summed E-state index contributed by atoms with van der Waals surface area (Å²) in [6.07, 6.45) is 3.35. The Hall–Kier alpha value is -2.21. The smallest absolute Gasteiger partial charge is 0.277 e. The van der Waals surface area contributed by atoms with Gasteiger partial charge in [0.25, 0.3) is 5.91 Å². The molecular formula is C15H14BrN3O2. The lowest BCUT2D eigenvalue weighted by Crippen LogP contribution is -2.25. The van der Waals surface area contributed by atoms with Crippen molar-refractivity contribution in [1.82, 2.24) is 10.4 Å². The number of aromatic nitrogens is 1. The number of rotatable bonds is 5. The first-order valence-corrected chi connectivity index (χ1v) is 7.06. The van der Waals surface area contributed by atoms with Crippen molar-refractivity contribution in [2.45, 2.75) is 6.92 Å². The molecule has 21 heavy (non-hydrogen) atoms. The maximum absolute atomic E-state index is 11.7. The van der Waals surface area contributed by atoms with Crippen LogP contribution in [-0.2, 0) is 4.79 Å². The molecule has 1 amide bonds.